The summed E-state index contributed by atoms with van der Waals surface area (Å²) < 4.78 is 22.7. The minimum Gasteiger partial charge on any atom is -0.545 e. The number of carboxylic acid groups (broad SMARTS) is 1. The van der Waals surface area contributed by atoms with Gasteiger partial charge < -0.3 is 33.3 Å². The predicted molar refractivity (Wildman–Crippen MR) is 260 cm³/mol. The van der Waals surface area contributed by atoms with Crippen molar-refractivity contribution in [2.24, 2.45) is 0 Å². The minimum atomic E-state index is -1.62. The molecule has 0 aromatic carbocycles. The molecule has 0 heterocycles. The number of carbonyl (C=O) groups excluding carboxylic acids is 3. The molecule has 0 saturated carbocycles. The lowest BCUT2D eigenvalue weighted by Gasteiger charge is -2.26. The molecule has 63 heavy (non-hydrogen) atoms. The smallest absolute Gasteiger partial charge is 0.306 e. The Hall–Kier alpha value is -2.23. The lowest BCUT2D eigenvalue weighted by Crippen LogP contribution is -2.44. The van der Waals surface area contributed by atoms with Crippen LogP contribution in [-0.4, -0.2) is 82.3 Å². The van der Waals surface area contributed by atoms with Crippen molar-refractivity contribution in [3.8, 4) is 0 Å². The number of carboxylic acids is 1. The van der Waals surface area contributed by atoms with Gasteiger partial charge in [0.05, 0.1) is 40.3 Å². The van der Waals surface area contributed by atoms with Crippen molar-refractivity contribution >= 4 is 17.9 Å². The Labute approximate surface area is 388 Å². The second-order valence-corrected chi connectivity index (χ2v) is 19.2. The number of ether oxygens (including phenoxy) is 4. The average Bonchev–Trinajstić information content (AvgIpc) is 3.24. The number of hydrogen-bond donors (Lipinski definition) is 0. The zero-order valence-corrected chi connectivity index (χ0v) is 42.0. The molecule has 0 aliphatic carbocycles. The molecule has 2 unspecified atom stereocenters. The Morgan fingerprint density at radius 1 is 0.476 bits per heavy atom. The van der Waals surface area contributed by atoms with Gasteiger partial charge >= 0.3 is 11.9 Å². The van der Waals surface area contributed by atoms with Crippen LogP contribution in [0.1, 0.15) is 245 Å². The van der Waals surface area contributed by atoms with E-state index in [1.165, 1.54) is 161 Å². The van der Waals surface area contributed by atoms with Crippen molar-refractivity contribution in [3.63, 3.8) is 0 Å². The van der Waals surface area contributed by atoms with Crippen LogP contribution >= 0.6 is 0 Å². The van der Waals surface area contributed by atoms with Crippen molar-refractivity contribution in [2.45, 2.75) is 257 Å². The molecule has 2 atom stereocenters. The van der Waals surface area contributed by atoms with E-state index in [0.29, 0.717) is 23.9 Å². The average molecular weight is 892 g/mol. The fourth-order valence-electron chi connectivity index (χ4n) is 7.57. The number of carbonyl (C=O) groups is 3. The van der Waals surface area contributed by atoms with Crippen LogP contribution in [0.15, 0.2) is 24.3 Å². The van der Waals surface area contributed by atoms with E-state index in [-0.39, 0.29) is 32.2 Å². The molecule has 0 aliphatic rings. The topological polar surface area (TPSA) is 111 Å². The summed E-state index contributed by atoms with van der Waals surface area (Å²) in [6, 6.07) is 0. The SMILES string of the molecule is CCCCCCC/C=C\C/C=C\CCCCCCCCCCCC(=O)OC(COC(=O)CCCCCCCCCCCCCCCCCCC)COC(OCC[N+](C)(C)C)C(=O)[O-]. The molecule has 0 N–H and O–H groups in total. The van der Waals surface area contributed by atoms with Crippen molar-refractivity contribution in [1.82, 2.24) is 0 Å². The highest BCUT2D eigenvalue weighted by Crippen LogP contribution is 2.16. The van der Waals surface area contributed by atoms with Crippen LogP contribution < -0.4 is 5.11 Å². The molecule has 0 radical (unpaired) electrons. The molecule has 0 rings (SSSR count). The third-order valence-electron chi connectivity index (χ3n) is 11.7. The fourth-order valence-corrected chi connectivity index (χ4v) is 7.57. The summed E-state index contributed by atoms with van der Waals surface area (Å²) in [5, 5.41) is 11.7. The third-order valence-corrected chi connectivity index (χ3v) is 11.7. The van der Waals surface area contributed by atoms with E-state index in [9.17, 15) is 19.5 Å². The van der Waals surface area contributed by atoms with Gasteiger partial charge in [-0.15, -0.1) is 0 Å². The van der Waals surface area contributed by atoms with Crippen LogP contribution in [0.3, 0.4) is 0 Å². The number of aliphatic carboxylic acids is 1. The number of rotatable bonds is 49. The lowest BCUT2D eigenvalue weighted by atomic mass is 10.0. The molecule has 0 saturated heterocycles. The summed E-state index contributed by atoms with van der Waals surface area (Å²) in [7, 11) is 5.92. The normalized spacial score (nSPS) is 13.0. The minimum absolute atomic E-state index is 0.149. The molecule has 0 bridgehead atoms. The van der Waals surface area contributed by atoms with Crippen LogP contribution in [-0.2, 0) is 33.3 Å². The van der Waals surface area contributed by atoms with E-state index in [1.54, 1.807) is 0 Å². The molecular weight excluding hydrogens is 791 g/mol. The number of allylic oxidation sites excluding steroid dienone is 4. The van der Waals surface area contributed by atoms with Crippen LogP contribution in [0.4, 0.5) is 0 Å². The summed E-state index contributed by atoms with van der Waals surface area (Å²) >= 11 is 0. The number of esters is 2. The Morgan fingerprint density at radius 2 is 0.857 bits per heavy atom. The molecule has 0 aromatic rings. The maximum Gasteiger partial charge on any atom is 0.306 e. The van der Waals surface area contributed by atoms with E-state index >= 15 is 0 Å². The van der Waals surface area contributed by atoms with Crippen molar-refractivity contribution in [3.05, 3.63) is 24.3 Å². The van der Waals surface area contributed by atoms with Gasteiger partial charge in [-0.3, -0.25) is 9.59 Å². The quantitative estimate of drug-likeness (QED) is 0.0195. The highest BCUT2D eigenvalue weighted by Gasteiger charge is 2.22. The number of hydrogen-bond acceptors (Lipinski definition) is 8. The van der Waals surface area contributed by atoms with Gasteiger partial charge in [-0.25, -0.2) is 0 Å². The summed E-state index contributed by atoms with van der Waals surface area (Å²) in [4.78, 5) is 37.2. The van der Waals surface area contributed by atoms with Gasteiger partial charge in [-0.1, -0.05) is 212 Å². The van der Waals surface area contributed by atoms with E-state index in [2.05, 4.69) is 38.2 Å². The van der Waals surface area contributed by atoms with Gasteiger partial charge in [-0.05, 0) is 44.9 Å². The molecule has 9 nitrogen and oxygen atoms in total. The molecule has 370 valence electrons. The van der Waals surface area contributed by atoms with Gasteiger partial charge in [0.2, 0.25) is 0 Å². The second-order valence-electron chi connectivity index (χ2n) is 19.2. The van der Waals surface area contributed by atoms with E-state index in [4.69, 9.17) is 18.9 Å². The van der Waals surface area contributed by atoms with E-state index in [1.807, 2.05) is 21.1 Å². The Bertz CT molecular complexity index is 1090. The first-order valence-corrected chi connectivity index (χ1v) is 26.5. The Balaban J connectivity index is 4.31. The van der Waals surface area contributed by atoms with Crippen molar-refractivity contribution in [2.75, 3.05) is 47.5 Å². The Kier molecular flexibility index (Phi) is 44.7. The molecule has 0 spiro atoms. The Morgan fingerprint density at radius 3 is 1.25 bits per heavy atom. The lowest BCUT2D eigenvalue weighted by molar-refractivity contribution is -0.870. The number of nitrogens with zero attached hydrogens (tertiary/aromatic N) is 1. The molecule has 9 heteroatoms. The maximum absolute atomic E-state index is 12.8. The predicted octanol–water partition coefficient (Wildman–Crippen LogP) is 13.5. The number of likely N-dealkylation sites (N-methyl/N-ethyl adjacent to an activating group) is 1. The number of quaternary nitrogens is 1. The van der Waals surface area contributed by atoms with E-state index in [0.717, 1.165) is 51.4 Å². The van der Waals surface area contributed by atoms with Gasteiger partial charge in [0.25, 0.3) is 0 Å². The van der Waals surface area contributed by atoms with Gasteiger partial charge in [0.15, 0.2) is 12.4 Å². The molecule has 0 fully saturated rings. The van der Waals surface area contributed by atoms with Gasteiger partial charge in [0, 0.05) is 12.8 Å². The van der Waals surface area contributed by atoms with Crippen LogP contribution in [0.2, 0.25) is 0 Å². The van der Waals surface area contributed by atoms with Crippen molar-refractivity contribution < 1.29 is 42.9 Å². The van der Waals surface area contributed by atoms with Gasteiger partial charge in [0.1, 0.15) is 13.2 Å². The first-order chi connectivity index (χ1) is 30.6. The first kappa shape index (κ1) is 60.8. The molecular formula is C54H101NO8. The molecule has 0 amide bonds. The maximum atomic E-state index is 12.8. The largest absolute Gasteiger partial charge is 0.545 e. The number of unbranched alkanes of at least 4 members (excludes halogenated alkanes) is 30. The van der Waals surface area contributed by atoms with Crippen LogP contribution in [0.5, 0.6) is 0 Å². The summed E-state index contributed by atoms with van der Waals surface area (Å²) in [5.41, 5.74) is 0. The monoisotopic (exact) mass is 892 g/mol. The highest BCUT2D eigenvalue weighted by atomic mass is 16.7. The second kappa shape index (κ2) is 46.3. The summed E-state index contributed by atoms with van der Waals surface area (Å²) in [6.45, 7) is 4.76. The molecule has 0 aliphatic heterocycles. The van der Waals surface area contributed by atoms with Gasteiger partial charge in [-0.2, -0.15) is 0 Å². The zero-order chi connectivity index (χ0) is 46.3. The standard InChI is InChI=1S/C54H101NO8/c1-6-8-10-12-14-16-18-20-22-24-25-26-27-29-31-33-35-37-39-41-43-45-52(57)63-50(49-62-54(53(58)59)60-47-46-55(3,4)5)48-61-51(56)44-42-40-38-36-34-32-30-28-23-21-19-17-15-13-11-9-7-2/h18,20,24-25,50,54H,6-17,19,21-23,26-49H2,1-5H3/b20-18-,25-24-. The van der Waals surface area contributed by atoms with Crippen LogP contribution in [0.25, 0.3) is 0 Å². The third kappa shape index (κ3) is 47.5. The molecule has 0 aromatic heterocycles. The van der Waals surface area contributed by atoms with Crippen LogP contribution in [0, 0.1) is 0 Å². The fraction of sp³-hybridized carbons (Fsp3) is 0.870. The zero-order valence-electron chi connectivity index (χ0n) is 42.0. The highest BCUT2D eigenvalue weighted by molar-refractivity contribution is 5.70. The summed E-state index contributed by atoms with van der Waals surface area (Å²) in [5.74, 6) is -2.27. The first-order valence-electron chi connectivity index (χ1n) is 26.5. The summed E-state index contributed by atoms with van der Waals surface area (Å²) in [6.07, 6.45) is 49.2. The van der Waals surface area contributed by atoms with Crippen molar-refractivity contribution in [1.29, 1.82) is 0 Å². The van der Waals surface area contributed by atoms with E-state index < -0.39 is 24.3 Å².